The van der Waals surface area contributed by atoms with Crippen molar-refractivity contribution in [1.82, 2.24) is 20.3 Å². The lowest BCUT2D eigenvalue weighted by Crippen LogP contribution is -2.33. The second kappa shape index (κ2) is 7.81. The summed E-state index contributed by atoms with van der Waals surface area (Å²) in [5.41, 5.74) is 4.99. The van der Waals surface area contributed by atoms with Crippen LogP contribution in [0, 0.1) is 13.8 Å². The Labute approximate surface area is 181 Å². The van der Waals surface area contributed by atoms with Gasteiger partial charge in [-0.15, -0.1) is 0 Å². The summed E-state index contributed by atoms with van der Waals surface area (Å²) in [4.78, 5) is 16.3. The summed E-state index contributed by atoms with van der Waals surface area (Å²) in [5, 5.41) is 14.4. The van der Waals surface area contributed by atoms with Crippen LogP contribution in [0.25, 0.3) is 33.4 Å². The van der Waals surface area contributed by atoms with Crippen LogP contribution in [0.4, 0.5) is 5.82 Å². The Morgan fingerprint density at radius 2 is 1.94 bits per heavy atom. The first-order valence-corrected chi connectivity index (χ1v) is 10.9. The quantitative estimate of drug-likeness (QED) is 0.499. The van der Waals surface area contributed by atoms with Crippen LogP contribution in [0.15, 0.2) is 34.7 Å². The number of hydrogen-bond acceptors (Lipinski definition) is 7. The van der Waals surface area contributed by atoms with Gasteiger partial charge in [0, 0.05) is 37.2 Å². The fourth-order valence-corrected chi connectivity index (χ4v) is 4.33. The number of pyridine rings is 2. The summed E-state index contributed by atoms with van der Waals surface area (Å²) in [7, 11) is 0. The maximum absolute atomic E-state index is 10.8. The molecule has 1 aromatic carbocycles. The molecule has 4 aromatic rings. The number of hydrogen-bond donors (Lipinski definition) is 2. The van der Waals surface area contributed by atoms with Gasteiger partial charge in [-0.2, -0.15) is 0 Å². The molecule has 160 valence electrons. The van der Waals surface area contributed by atoms with E-state index in [2.05, 4.69) is 22.1 Å². The molecule has 0 aliphatic carbocycles. The molecule has 0 amide bonds. The first kappa shape index (κ1) is 19.8. The Balaban J connectivity index is 1.46. The van der Waals surface area contributed by atoms with Gasteiger partial charge >= 0.3 is 0 Å². The smallest absolute Gasteiger partial charge is 0.192 e. The largest absolute Gasteiger partial charge is 0.507 e. The van der Waals surface area contributed by atoms with Crippen molar-refractivity contribution in [3.05, 3.63) is 41.8 Å². The highest BCUT2D eigenvalue weighted by Gasteiger charge is 2.23. The lowest BCUT2D eigenvalue weighted by molar-refractivity contribution is 0.473. The minimum absolute atomic E-state index is 0.180. The number of phenolic OH excluding ortho intramolecular Hbond substituents is 1. The predicted octanol–water partition coefficient (Wildman–Crippen LogP) is 4.34. The molecule has 2 N–H and O–H groups in total. The lowest BCUT2D eigenvalue weighted by atomic mass is 10.0. The summed E-state index contributed by atoms with van der Waals surface area (Å²) in [6.45, 7) is 8.88. The zero-order valence-electron chi connectivity index (χ0n) is 18.1. The van der Waals surface area contributed by atoms with E-state index < -0.39 is 0 Å². The van der Waals surface area contributed by atoms with Gasteiger partial charge in [0.2, 0.25) is 0 Å². The topological polar surface area (TPSA) is 87.3 Å². The Morgan fingerprint density at radius 1 is 1.13 bits per heavy atom. The summed E-state index contributed by atoms with van der Waals surface area (Å²) in [5.74, 6) is 1.74. The van der Waals surface area contributed by atoms with Gasteiger partial charge in [0.05, 0.1) is 16.7 Å². The van der Waals surface area contributed by atoms with Crippen molar-refractivity contribution in [2.24, 2.45) is 0 Å². The standard InChI is InChI=1S/C24H27N5O2/c1-4-10-25-16-9-11-29(13-16)22-8-7-19-20(28-22)6-5-18(27-19)17-12-21-23(14(2)24(17)30)26-15(3)31-21/h5-8,12,16,25,30H,4,9-11,13H2,1-3H3. The average Bonchev–Trinajstić information content (AvgIpc) is 3.40. The number of aromatic hydroxyl groups is 1. The van der Waals surface area contributed by atoms with Crippen molar-refractivity contribution in [3.63, 3.8) is 0 Å². The van der Waals surface area contributed by atoms with Crippen LogP contribution >= 0.6 is 0 Å². The van der Waals surface area contributed by atoms with Gasteiger partial charge in [0.25, 0.3) is 0 Å². The number of aryl methyl sites for hydroxylation is 2. The molecule has 0 saturated carbocycles. The van der Waals surface area contributed by atoms with E-state index in [4.69, 9.17) is 14.4 Å². The second-order valence-electron chi connectivity index (χ2n) is 8.27. The molecule has 0 spiro atoms. The molecule has 1 saturated heterocycles. The van der Waals surface area contributed by atoms with Gasteiger partial charge in [-0.1, -0.05) is 6.92 Å². The van der Waals surface area contributed by atoms with E-state index in [0.717, 1.165) is 49.3 Å². The third kappa shape index (κ3) is 3.59. The van der Waals surface area contributed by atoms with Crippen molar-refractivity contribution in [1.29, 1.82) is 0 Å². The minimum Gasteiger partial charge on any atom is -0.507 e. The number of nitrogens with one attached hydrogen (secondary N) is 1. The Kier molecular flexibility index (Phi) is 4.98. The zero-order chi connectivity index (χ0) is 21.5. The van der Waals surface area contributed by atoms with Gasteiger partial charge in [-0.3, -0.25) is 0 Å². The van der Waals surface area contributed by atoms with E-state index >= 15 is 0 Å². The summed E-state index contributed by atoms with van der Waals surface area (Å²) < 4.78 is 5.69. The third-order valence-electron chi connectivity index (χ3n) is 6.00. The maximum Gasteiger partial charge on any atom is 0.192 e. The Morgan fingerprint density at radius 3 is 2.77 bits per heavy atom. The third-order valence-corrected chi connectivity index (χ3v) is 6.00. The monoisotopic (exact) mass is 417 g/mol. The second-order valence-corrected chi connectivity index (χ2v) is 8.27. The van der Waals surface area contributed by atoms with Crippen molar-refractivity contribution in [2.45, 2.75) is 39.7 Å². The highest BCUT2D eigenvalue weighted by atomic mass is 16.3. The summed E-state index contributed by atoms with van der Waals surface area (Å²) >= 11 is 0. The zero-order valence-corrected chi connectivity index (χ0v) is 18.1. The highest BCUT2D eigenvalue weighted by Crippen LogP contribution is 2.37. The Bertz CT molecular complexity index is 1270. The number of nitrogens with zero attached hydrogens (tertiary/aromatic N) is 4. The molecule has 1 atom stereocenters. The van der Waals surface area contributed by atoms with Gasteiger partial charge in [-0.05, 0) is 56.6 Å². The van der Waals surface area contributed by atoms with E-state index in [0.29, 0.717) is 39.9 Å². The fraction of sp³-hybridized carbons (Fsp3) is 0.375. The van der Waals surface area contributed by atoms with Crippen LogP contribution < -0.4 is 10.2 Å². The van der Waals surface area contributed by atoms with E-state index in [1.165, 1.54) is 0 Å². The molecule has 7 nitrogen and oxygen atoms in total. The van der Waals surface area contributed by atoms with Crippen LogP contribution in [0.2, 0.25) is 0 Å². The molecule has 1 aliphatic heterocycles. The normalized spacial score (nSPS) is 16.6. The minimum atomic E-state index is 0.180. The van der Waals surface area contributed by atoms with Crippen molar-refractivity contribution in [3.8, 4) is 17.0 Å². The lowest BCUT2D eigenvalue weighted by Gasteiger charge is -2.18. The molecule has 31 heavy (non-hydrogen) atoms. The molecule has 1 unspecified atom stereocenters. The van der Waals surface area contributed by atoms with Crippen LogP contribution in [-0.4, -0.2) is 45.7 Å². The Hall–Kier alpha value is -3.19. The van der Waals surface area contributed by atoms with Crippen LogP contribution in [-0.2, 0) is 0 Å². The molecule has 1 fully saturated rings. The van der Waals surface area contributed by atoms with E-state index in [9.17, 15) is 5.11 Å². The van der Waals surface area contributed by atoms with Crippen LogP contribution in [0.5, 0.6) is 5.75 Å². The number of aromatic nitrogens is 3. The van der Waals surface area contributed by atoms with Crippen molar-refractivity contribution in [2.75, 3.05) is 24.5 Å². The number of anilines is 1. The van der Waals surface area contributed by atoms with Gasteiger partial charge in [-0.25, -0.2) is 15.0 Å². The number of oxazole rings is 1. The van der Waals surface area contributed by atoms with Crippen molar-refractivity contribution >= 4 is 28.0 Å². The van der Waals surface area contributed by atoms with Crippen LogP contribution in [0.1, 0.15) is 31.2 Å². The molecule has 7 heteroatoms. The van der Waals surface area contributed by atoms with Crippen LogP contribution in [0.3, 0.4) is 0 Å². The molecule has 5 rings (SSSR count). The first-order chi connectivity index (χ1) is 15.0. The summed E-state index contributed by atoms with van der Waals surface area (Å²) in [6.07, 6.45) is 2.29. The molecule has 3 aromatic heterocycles. The molecule has 4 heterocycles. The molecule has 1 aliphatic rings. The van der Waals surface area contributed by atoms with Gasteiger partial charge < -0.3 is 19.7 Å². The number of rotatable bonds is 5. The molecule has 0 radical (unpaired) electrons. The first-order valence-electron chi connectivity index (χ1n) is 10.9. The van der Waals surface area contributed by atoms with Gasteiger partial charge in [0.1, 0.15) is 17.1 Å². The van der Waals surface area contributed by atoms with Crippen molar-refractivity contribution < 1.29 is 9.52 Å². The SMILES string of the molecule is CCCNC1CCN(c2ccc3nc(-c4cc5oc(C)nc5c(C)c4O)ccc3n2)C1. The maximum atomic E-state index is 10.8. The number of fused-ring (bicyclic) bond motifs is 2. The van der Waals surface area contributed by atoms with E-state index in [1.54, 1.807) is 13.0 Å². The highest BCUT2D eigenvalue weighted by molar-refractivity contribution is 5.89. The number of benzene rings is 1. The molecule has 0 bridgehead atoms. The predicted molar refractivity (Wildman–Crippen MR) is 123 cm³/mol. The van der Waals surface area contributed by atoms with E-state index in [-0.39, 0.29) is 5.75 Å². The molecular weight excluding hydrogens is 390 g/mol. The fourth-order valence-electron chi connectivity index (χ4n) is 4.33. The average molecular weight is 418 g/mol. The van der Waals surface area contributed by atoms with E-state index in [1.807, 2.05) is 31.2 Å². The number of phenols is 1. The van der Waals surface area contributed by atoms with Gasteiger partial charge in [0.15, 0.2) is 11.5 Å². The molecular formula is C24H27N5O2. The summed E-state index contributed by atoms with van der Waals surface area (Å²) in [6, 6.07) is 10.2.